The standard InChI is InChI=1S/C16H25NO2/c1-3-4-13-17-15(16(18)19-2)12-8-11-14-9-6-5-7-10-14/h5-7,9-10,15,17H,3-4,8,11-13H2,1-2H3. The van der Waals surface area contributed by atoms with Crippen LogP contribution >= 0.6 is 0 Å². The van der Waals surface area contributed by atoms with Crippen molar-refractivity contribution < 1.29 is 9.53 Å². The van der Waals surface area contributed by atoms with Gasteiger partial charge in [-0.05, 0) is 37.8 Å². The zero-order chi connectivity index (χ0) is 13.9. The topological polar surface area (TPSA) is 38.3 Å². The molecular formula is C16H25NO2. The molecule has 1 atom stereocenters. The first-order chi connectivity index (χ1) is 9.27. The van der Waals surface area contributed by atoms with Crippen molar-refractivity contribution >= 4 is 5.97 Å². The quantitative estimate of drug-likeness (QED) is 0.550. The van der Waals surface area contributed by atoms with E-state index in [9.17, 15) is 4.79 Å². The van der Waals surface area contributed by atoms with E-state index in [1.165, 1.54) is 12.7 Å². The van der Waals surface area contributed by atoms with Crippen molar-refractivity contribution in [3.05, 3.63) is 35.9 Å². The van der Waals surface area contributed by atoms with Crippen molar-refractivity contribution in [3.63, 3.8) is 0 Å². The van der Waals surface area contributed by atoms with E-state index in [1.54, 1.807) is 0 Å². The minimum atomic E-state index is -0.166. The first-order valence-corrected chi connectivity index (χ1v) is 7.13. The van der Waals surface area contributed by atoms with Gasteiger partial charge < -0.3 is 10.1 Å². The Balaban J connectivity index is 2.33. The molecule has 1 aromatic rings. The van der Waals surface area contributed by atoms with Gasteiger partial charge in [-0.1, -0.05) is 43.7 Å². The summed E-state index contributed by atoms with van der Waals surface area (Å²) in [4.78, 5) is 11.7. The second-order valence-electron chi connectivity index (χ2n) is 4.76. The van der Waals surface area contributed by atoms with Gasteiger partial charge in [-0.25, -0.2) is 0 Å². The van der Waals surface area contributed by atoms with E-state index in [1.807, 2.05) is 18.2 Å². The molecule has 0 heterocycles. The molecule has 3 nitrogen and oxygen atoms in total. The summed E-state index contributed by atoms with van der Waals surface area (Å²) in [6, 6.07) is 10.2. The zero-order valence-corrected chi connectivity index (χ0v) is 12.0. The monoisotopic (exact) mass is 263 g/mol. The van der Waals surface area contributed by atoms with Crippen molar-refractivity contribution in [1.29, 1.82) is 0 Å². The van der Waals surface area contributed by atoms with Crippen LogP contribution in [0.15, 0.2) is 30.3 Å². The highest BCUT2D eigenvalue weighted by molar-refractivity contribution is 5.75. The molecule has 1 rings (SSSR count). The van der Waals surface area contributed by atoms with Gasteiger partial charge in [0, 0.05) is 0 Å². The molecule has 0 spiro atoms. The fraction of sp³-hybridized carbons (Fsp3) is 0.562. The average Bonchev–Trinajstić information content (AvgIpc) is 2.46. The maximum Gasteiger partial charge on any atom is 0.322 e. The molecule has 0 fully saturated rings. The van der Waals surface area contributed by atoms with Gasteiger partial charge in [0.15, 0.2) is 0 Å². The van der Waals surface area contributed by atoms with Crippen molar-refractivity contribution in [2.45, 2.75) is 45.1 Å². The number of aryl methyl sites for hydroxylation is 1. The van der Waals surface area contributed by atoms with E-state index in [-0.39, 0.29) is 12.0 Å². The van der Waals surface area contributed by atoms with Crippen LogP contribution in [0, 0.1) is 0 Å². The first-order valence-electron chi connectivity index (χ1n) is 7.13. The third-order valence-corrected chi connectivity index (χ3v) is 3.21. The molecular weight excluding hydrogens is 238 g/mol. The van der Waals surface area contributed by atoms with Gasteiger partial charge in [0.1, 0.15) is 6.04 Å². The highest BCUT2D eigenvalue weighted by Crippen LogP contribution is 2.07. The number of hydrogen-bond donors (Lipinski definition) is 1. The number of hydrogen-bond acceptors (Lipinski definition) is 3. The summed E-state index contributed by atoms with van der Waals surface area (Å²) in [5.74, 6) is -0.149. The fourth-order valence-corrected chi connectivity index (χ4v) is 2.05. The van der Waals surface area contributed by atoms with Crippen LogP contribution in [0.3, 0.4) is 0 Å². The lowest BCUT2D eigenvalue weighted by atomic mass is 10.0. The molecule has 3 heteroatoms. The molecule has 1 aromatic carbocycles. The van der Waals surface area contributed by atoms with E-state index in [4.69, 9.17) is 4.74 Å². The molecule has 0 bridgehead atoms. The van der Waals surface area contributed by atoms with Crippen molar-refractivity contribution in [2.24, 2.45) is 0 Å². The molecule has 106 valence electrons. The molecule has 0 aliphatic heterocycles. The first kappa shape index (κ1) is 15.7. The van der Waals surface area contributed by atoms with Gasteiger partial charge in [-0.2, -0.15) is 0 Å². The highest BCUT2D eigenvalue weighted by Gasteiger charge is 2.17. The molecule has 0 saturated carbocycles. The summed E-state index contributed by atoms with van der Waals surface area (Å²) in [6.07, 6.45) is 5.04. The molecule has 0 aliphatic rings. The highest BCUT2D eigenvalue weighted by atomic mass is 16.5. The molecule has 0 aromatic heterocycles. The second kappa shape index (κ2) is 9.56. The Bertz CT molecular complexity index is 351. The zero-order valence-electron chi connectivity index (χ0n) is 12.0. The predicted molar refractivity (Wildman–Crippen MR) is 78.1 cm³/mol. The van der Waals surface area contributed by atoms with E-state index in [0.717, 1.165) is 38.6 Å². The summed E-state index contributed by atoms with van der Waals surface area (Å²) in [7, 11) is 1.45. The molecule has 0 aliphatic carbocycles. The molecule has 0 amide bonds. The van der Waals surface area contributed by atoms with Crippen LogP contribution in [0.2, 0.25) is 0 Å². The third kappa shape index (κ3) is 6.39. The Morgan fingerprint density at radius 2 is 2.00 bits per heavy atom. The van der Waals surface area contributed by atoms with Gasteiger partial charge in [0.2, 0.25) is 0 Å². The number of benzene rings is 1. The fourth-order valence-electron chi connectivity index (χ4n) is 2.05. The van der Waals surface area contributed by atoms with Crippen LogP contribution in [-0.2, 0) is 16.0 Å². The van der Waals surface area contributed by atoms with Crippen molar-refractivity contribution in [3.8, 4) is 0 Å². The Hall–Kier alpha value is -1.35. The maximum absolute atomic E-state index is 11.7. The minimum absolute atomic E-state index is 0.149. The Labute approximate surface area is 116 Å². The van der Waals surface area contributed by atoms with Crippen LogP contribution in [0.1, 0.15) is 38.2 Å². The summed E-state index contributed by atoms with van der Waals surface area (Å²) >= 11 is 0. The smallest absolute Gasteiger partial charge is 0.322 e. The summed E-state index contributed by atoms with van der Waals surface area (Å²) in [5.41, 5.74) is 1.32. The van der Waals surface area contributed by atoms with Crippen molar-refractivity contribution in [1.82, 2.24) is 5.32 Å². The minimum Gasteiger partial charge on any atom is -0.468 e. The SMILES string of the molecule is CCCCNC(CCCc1ccccc1)C(=O)OC. The van der Waals surface area contributed by atoms with E-state index < -0.39 is 0 Å². The number of esters is 1. The molecule has 1 unspecified atom stereocenters. The molecule has 1 N–H and O–H groups in total. The number of rotatable bonds is 9. The van der Waals surface area contributed by atoms with E-state index in [0.29, 0.717) is 0 Å². The van der Waals surface area contributed by atoms with Crippen LogP contribution in [-0.4, -0.2) is 25.7 Å². The Morgan fingerprint density at radius 3 is 2.63 bits per heavy atom. The lowest BCUT2D eigenvalue weighted by Crippen LogP contribution is -2.38. The Kier molecular flexibility index (Phi) is 7.91. The number of carbonyl (C=O) groups is 1. The number of nitrogens with one attached hydrogen (secondary N) is 1. The number of unbranched alkanes of at least 4 members (excludes halogenated alkanes) is 1. The number of methoxy groups -OCH3 is 1. The molecule has 0 saturated heterocycles. The summed E-state index contributed by atoms with van der Waals surface area (Å²) in [6.45, 7) is 3.02. The number of carbonyl (C=O) groups excluding carboxylic acids is 1. The summed E-state index contributed by atoms with van der Waals surface area (Å²) in [5, 5.41) is 3.28. The van der Waals surface area contributed by atoms with E-state index in [2.05, 4.69) is 24.4 Å². The van der Waals surface area contributed by atoms with Crippen LogP contribution in [0.4, 0.5) is 0 Å². The van der Waals surface area contributed by atoms with E-state index >= 15 is 0 Å². The lowest BCUT2D eigenvalue weighted by Gasteiger charge is -2.16. The normalized spacial score (nSPS) is 12.1. The third-order valence-electron chi connectivity index (χ3n) is 3.21. The summed E-state index contributed by atoms with van der Waals surface area (Å²) < 4.78 is 4.84. The molecule has 19 heavy (non-hydrogen) atoms. The predicted octanol–water partition coefficient (Wildman–Crippen LogP) is 2.94. The van der Waals surface area contributed by atoms with Gasteiger partial charge in [0.25, 0.3) is 0 Å². The lowest BCUT2D eigenvalue weighted by molar-refractivity contribution is -0.143. The number of ether oxygens (including phenoxy) is 1. The van der Waals surface area contributed by atoms with Gasteiger partial charge in [-0.15, -0.1) is 0 Å². The van der Waals surface area contributed by atoms with Crippen molar-refractivity contribution in [2.75, 3.05) is 13.7 Å². The van der Waals surface area contributed by atoms with Crippen LogP contribution in [0.5, 0.6) is 0 Å². The van der Waals surface area contributed by atoms with Gasteiger partial charge >= 0.3 is 5.97 Å². The van der Waals surface area contributed by atoms with Crippen LogP contribution in [0.25, 0.3) is 0 Å². The second-order valence-corrected chi connectivity index (χ2v) is 4.76. The molecule has 0 radical (unpaired) electrons. The Morgan fingerprint density at radius 1 is 1.26 bits per heavy atom. The largest absolute Gasteiger partial charge is 0.468 e. The maximum atomic E-state index is 11.7. The van der Waals surface area contributed by atoms with Crippen LogP contribution < -0.4 is 5.32 Å². The average molecular weight is 263 g/mol. The van der Waals surface area contributed by atoms with Gasteiger partial charge in [0.05, 0.1) is 7.11 Å². The van der Waals surface area contributed by atoms with Gasteiger partial charge in [-0.3, -0.25) is 4.79 Å².